The Labute approximate surface area is 113 Å². The molecule has 0 radical (unpaired) electrons. The molecule has 0 amide bonds. The predicted molar refractivity (Wildman–Crippen MR) is 79.0 cm³/mol. The van der Waals surface area contributed by atoms with Crippen LogP contribution in [-0.2, 0) is 0 Å². The van der Waals surface area contributed by atoms with E-state index in [1.54, 1.807) is 23.1 Å². The van der Waals surface area contributed by atoms with Crippen LogP contribution in [0.5, 0.6) is 0 Å². The third-order valence-electron chi connectivity index (χ3n) is 2.69. The summed E-state index contributed by atoms with van der Waals surface area (Å²) in [6, 6.07) is 8.22. The molecule has 18 heavy (non-hydrogen) atoms. The SMILES string of the molecule is CSc1ccc(-c2ncc3scc(N)c3n2)cc1. The van der Waals surface area contributed by atoms with E-state index >= 15 is 0 Å². The minimum atomic E-state index is 0.722. The smallest absolute Gasteiger partial charge is 0.159 e. The quantitative estimate of drug-likeness (QED) is 0.724. The molecule has 1 aromatic carbocycles. The van der Waals surface area contributed by atoms with Crippen molar-refractivity contribution < 1.29 is 0 Å². The van der Waals surface area contributed by atoms with Crippen molar-refractivity contribution in [2.45, 2.75) is 4.90 Å². The number of hydrogen-bond donors (Lipinski definition) is 1. The Morgan fingerprint density at radius 2 is 2.00 bits per heavy atom. The summed E-state index contributed by atoms with van der Waals surface area (Å²) in [5.74, 6) is 0.722. The zero-order chi connectivity index (χ0) is 12.5. The zero-order valence-electron chi connectivity index (χ0n) is 9.75. The maximum Gasteiger partial charge on any atom is 0.159 e. The van der Waals surface area contributed by atoms with E-state index in [4.69, 9.17) is 5.73 Å². The van der Waals surface area contributed by atoms with Crippen LogP contribution in [0.25, 0.3) is 21.6 Å². The molecule has 3 rings (SSSR count). The molecule has 90 valence electrons. The van der Waals surface area contributed by atoms with Gasteiger partial charge in [-0.3, -0.25) is 0 Å². The summed E-state index contributed by atoms with van der Waals surface area (Å²) in [5, 5.41) is 1.90. The summed E-state index contributed by atoms with van der Waals surface area (Å²) < 4.78 is 1.02. The van der Waals surface area contributed by atoms with E-state index in [-0.39, 0.29) is 0 Å². The molecule has 3 nitrogen and oxygen atoms in total. The highest BCUT2D eigenvalue weighted by atomic mass is 32.2. The Morgan fingerprint density at radius 1 is 1.22 bits per heavy atom. The highest BCUT2D eigenvalue weighted by Gasteiger charge is 2.06. The second-order valence-electron chi connectivity index (χ2n) is 3.83. The number of thioether (sulfide) groups is 1. The van der Waals surface area contributed by atoms with Gasteiger partial charge >= 0.3 is 0 Å². The molecule has 2 aromatic heterocycles. The number of benzene rings is 1. The van der Waals surface area contributed by atoms with Gasteiger partial charge in [0.2, 0.25) is 0 Å². The monoisotopic (exact) mass is 273 g/mol. The average molecular weight is 273 g/mol. The van der Waals surface area contributed by atoms with Gasteiger partial charge in [0.25, 0.3) is 0 Å². The molecule has 0 aliphatic carbocycles. The second kappa shape index (κ2) is 4.59. The lowest BCUT2D eigenvalue weighted by Crippen LogP contribution is -1.90. The fraction of sp³-hybridized carbons (Fsp3) is 0.0769. The zero-order valence-corrected chi connectivity index (χ0v) is 11.4. The largest absolute Gasteiger partial charge is 0.396 e. The van der Waals surface area contributed by atoms with Crippen molar-refractivity contribution in [1.29, 1.82) is 0 Å². The lowest BCUT2D eigenvalue weighted by Gasteiger charge is -2.01. The van der Waals surface area contributed by atoms with Crippen LogP contribution in [0.2, 0.25) is 0 Å². The van der Waals surface area contributed by atoms with Gasteiger partial charge in [0.05, 0.1) is 10.4 Å². The van der Waals surface area contributed by atoms with Gasteiger partial charge in [0.1, 0.15) is 5.52 Å². The van der Waals surface area contributed by atoms with Crippen molar-refractivity contribution in [3.8, 4) is 11.4 Å². The normalized spacial score (nSPS) is 10.9. The Balaban J connectivity index is 2.09. The number of rotatable bonds is 2. The van der Waals surface area contributed by atoms with Crippen molar-refractivity contribution in [1.82, 2.24) is 9.97 Å². The van der Waals surface area contributed by atoms with E-state index < -0.39 is 0 Å². The molecule has 0 saturated carbocycles. The highest BCUT2D eigenvalue weighted by molar-refractivity contribution is 7.98. The predicted octanol–water partition coefficient (Wildman–Crippen LogP) is 3.66. The lowest BCUT2D eigenvalue weighted by molar-refractivity contribution is 1.23. The summed E-state index contributed by atoms with van der Waals surface area (Å²) in [5.41, 5.74) is 8.47. The number of aromatic nitrogens is 2. The molecule has 5 heteroatoms. The maximum atomic E-state index is 5.89. The van der Waals surface area contributed by atoms with E-state index in [1.807, 2.05) is 23.7 Å². The van der Waals surface area contributed by atoms with Crippen LogP contribution in [0.3, 0.4) is 0 Å². The topological polar surface area (TPSA) is 51.8 Å². The Morgan fingerprint density at radius 3 is 2.72 bits per heavy atom. The summed E-state index contributed by atoms with van der Waals surface area (Å²) in [6.45, 7) is 0. The molecule has 2 N–H and O–H groups in total. The van der Waals surface area contributed by atoms with Gasteiger partial charge < -0.3 is 5.73 Å². The summed E-state index contributed by atoms with van der Waals surface area (Å²) in [6.07, 6.45) is 3.89. The fourth-order valence-corrected chi connectivity index (χ4v) is 2.89. The third-order valence-corrected chi connectivity index (χ3v) is 4.36. The average Bonchev–Trinajstić information content (AvgIpc) is 2.80. The van der Waals surface area contributed by atoms with Crippen LogP contribution in [0.4, 0.5) is 5.69 Å². The molecule has 0 atom stereocenters. The highest BCUT2D eigenvalue weighted by Crippen LogP contribution is 2.28. The van der Waals surface area contributed by atoms with Crippen LogP contribution in [-0.4, -0.2) is 16.2 Å². The first kappa shape index (κ1) is 11.5. The lowest BCUT2D eigenvalue weighted by atomic mass is 10.2. The first-order chi connectivity index (χ1) is 8.78. The van der Waals surface area contributed by atoms with Gasteiger partial charge in [-0.25, -0.2) is 9.97 Å². The number of fused-ring (bicyclic) bond motifs is 1. The summed E-state index contributed by atoms with van der Waals surface area (Å²) in [7, 11) is 0. The Bertz CT molecular complexity index is 689. The van der Waals surface area contributed by atoms with Crippen LogP contribution in [0.1, 0.15) is 0 Å². The van der Waals surface area contributed by atoms with Gasteiger partial charge in [-0.15, -0.1) is 23.1 Å². The van der Waals surface area contributed by atoms with Crippen LogP contribution in [0.15, 0.2) is 40.7 Å². The van der Waals surface area contributed by atoms with Crippen molar-refractivity contribution >= 4 is 39.0 Å². The molecular weight excluding hydrogens is 262 g/mol. The fourth-order valence-electron chi connectivity index (χ4n) is 1.73. The first-order valence-corrected chi connectivity index (χ1v) is 7.52. The number of hydrogen-bond acceptors (Lipinski definition) is 5. The molecule has 0 aliphatic heterocycles. The molecule has 0 saturated heterocycles. The molecular formula is C13H11N3S2. The van der Waals surface area contributed by atoms with Gasteiger partial charge in [0.15, 0.2) is 5.82 Å². The molecule has 0 bridgehead atoms. The maximum absolute atomic E-state index is 5.89. The molecule has 0 aliphatic rings. The number of nitrogens with two attached hydrogens (primary N) is 1. The number of anilines is 1. The Hall–Kier alpha value is -1.59. The van der Waals surface area contributed by atoms with E-state index in [1.165, 1.54) is 4.90 Å². The number of thiophene rings is 1. The molecule has 3 aromatic rings. The number of nitrogen functional groups attached to an aromatic ring is 1. The second-order valence-corrected chi connectivity index (χ2v) is 5.62. The standard InChI is InChI=1S/C13H11N3S2/c1-17-9-4-2-8(3-5-9)13-15-6-11-12(16-13)10(14)7-18-11/h2-7H,14H2,1H3. The molecule has 0 unspecified atom stereocenters. The van der Waals surface area contributed by atoms with E-state index in [2.05, 4.69) is 28.4 Å². The molecule has 2 heterocycles. The first-order valence-electron chi connectivity index (χ1n) is 5.42. The summed E-state index contributed by atoms with van der Waals surface area (Å²) in [4.78, 5) is 10.1. The van der Waals surface area contributed by atoms with Crippen LogP contribution in [0, 0.1) is 0 Å². The van der Waals surface area contributed by atoms with Crippen LogP contribution < -0.4 is 5.73 Å². The number of nitrogens with zero attached hydrogens (tertiary/aromatic N) is 2. The van der Waals surface area contributed by atoms with Crippen molar-refractivity contribution in [3.05, 3.63) is 35.8 Å². The summed E-state index contributed by atoms with van der Waals surface area (Å²) >= 11 is 3.29. The van der Waals surface area contributed by atoms with Gasteiger partial charge in [-0.1, -0.05) is 12.1 Å². The van der Waals surface area contributed by atoms with Crippen LogP contribution >= 0.6 is 23.1 Å². The van der Waals surface area contributed by atoms with E-state index in [9.17, 15) is 0 Å². The van der Waals surface area contributed by atoms with Crippen molar-refractivity contribution in [3.63, 3.8) is 0 Å². The molecule has 0 spiro atoms. The van der Waals surface area contributed by atoms with Gasteiger partial charge in [-0.2, -0.15) is 0 Å². The van der Waals surface area contributed by atoms with E-state index in [0.717, 1.165) is 27.3 Å². The minimum Gasteiger partial charge on any atom is -0.396 e. The van der Waals surface area contributed by atoms with Gasteiger partial charge in [-0.05, 0) is 18.4 Å². The van der Waals surface area contributed by atoms with Crippen molar-refractivity contribution in [2.24, 2.45) is 0 Å². The van der Waals surface area contributed by atoms with Crippen molar-refractivity contribution in [2.75, 3.05) is 12.0 Å². The van der Waals surface area contributed by atoms with E-state index in [0.29, 0.717) is 0 Å². The van der Waals surface area contributed by atoms with Gasteiger partial charge in [0, 0.05) is 22.0 Å². The minimum absolute atomic E-state index is 0.722. The third kappa shape index (κ3) is 1.95. The molecule has 0 fully saturated rings. The Kier molecular flexibility index (Phi) is 2.93.